The van der Waals surface area contributed by atoms with Gasteiger partial charge in [0.05, 0.1) is 18.6 Å². The molecule has 3 heterocycles. The second-order valence-electron chi connectivity index (χ2n) is 5.09. The summed E-state index contributed by atoms with van der Waals surface area (Å²) in [6.07, 6.45) is 3.69. The van der Waals surface area contributed by atoms with E-state index in [4.69, 9.17) is 9.26 Å². The van der Waals surface area contributed by atoms with Crippen LogP contribution in [-0.2, 0) is 5.75 Å². The first-order valence-corrected chi connectivity index (χ1v) is 9.42. The zero-order valence-electron chi connectivity index (χ0n) is 13.3. The van der Waals surface area contributed by atoms with Crippen molar-refractivity contribution in [3.05, 3.63) is 59.4 Å². The van der Waals surface area contributed by atoms with Gasteiger partial charge in [-0.1, -0.05) is 23.0 Å². The van der Waals surface area contributed by atoms with E-state index in [1.165, 1.54) is 0 Å². The monoisotopic (exact) mass is 370 g/mol. The number of imidazole rings is 1. The first-order chi connectivity index (χ1) is 12.3. The van der Waals surface area contributed by atoms with Gasteiger partial charge in [0.1, 0.15) is 5.75 Å². The first-order valence-electron chi connectivity index (χ1n) is 7.49. The van der Waals surface area contributed by atoms with Crippen LogP contribution >= 0.6 is 23.1 Å². The molecule has 6 nitrogen and oxygen atoms in total. The maximum absolute atomic E-state index is 5.33. The molecule has 8 heteroatoms. The number of ether oxygens (including phenoxy) is 1. The normalized spacial score (nSPS) is 10.9. The van der Waals surface area contributed by atoms with Crippen LogP contribution in [0.25, 0.3) is 17.1 Å². The van der Waals surface area contributed by atoms with Gasteiger partial charge in [0, 0.05) is 29.4 Å². The van der Waals surface area contributed by atoms with Gasteiger partial charge in [0.2, 0.25) is 11.7 Å². The molecule has 0 aliphatic carbocycles. The standard InChI is InChI=1S/C17H14N4O2S2/c1-22-14-4-2-3-13(9-14)21-7-6-18-17(21)25-11-15-19-16(20-23-15)12-5-8-24-10-12/h2-10H,11H2,1H3. The molecule has 0 bridgehead atoms. The van der Waals surface area contributed by atoms with E-state index in [0.29, 0.717) is 17.5 Å². The van der Waals surface area contributed by atoms with Crippen LogP contribution in [-0.4, -0.2) is 26.8 Å². The maximum Gasteiger partial charge on any atom is 0.237 e. The lowest BCUT2D eigenvalue weighted by atomic mass is 10.3. The van der Waals surface area contributed by atoms with Crippen LogP contribution in [0.15, 0.2) is 63.2 Å². The van der Waals surface area contributed by atoms with Crippen LogP contribution in [0.3, 0.4) is 0 Å². The summed E-state index contributed by atoms with van der Waals surface area (Å²) in [5, 5.41) is 8.86. The number of thiophene rings is 1. The number of hydrogen-bond donors (Lipinski definition) is 0. The average molecular weight is 370 g/mol. The van der Waals surface area contributed by atoms with Crippen molar-refractivity contribution in [3.63, 3.8) is 0 Å². The second-order valence-corrected chi connectivity index (χ2v) is 6.82. The van der Waals surface area contributed by atoms with Crippen molar-refractivity contribution in [3.8, 4) is 22.8 Å². The molecule has 4 aromatic rings. The highest BCUT2D eigenvalue weighted by Crippen LogP contribution is 2.26. The molecule has 25 heavy (non-hydrogen) atoms. The first kappa shape index (κ1) is 15.9. The maximum atomic E-state index is 5.33. The predicted octanol–water partition coefficient (Wildman–Crippen LogP) is 4.28. The summed E-state index contributed by atoms with van der Waals surface area (Å²) in [4.78, 5) is 8.85. The lowest BCUT2D eigenvalue weighted by Gasteiger charge is -2.08. The van der Waals surface area contributed by atoms with Gasteiger partial charge < -0.3 is 9.26 Å². The van der Waals surface area contributed by atoms with E-state index < -0.39 is 0 Å². The minimum absolute atomic E-state index is 0.554. The molecule has 126 valence electrons. The van der Waals surface area contributed by atoms with E-state index >= 15 is 0 Å². The number of rotatable bonds is 6. The van der Waals surface area contributed by atoms with Gasteiger partial charge >= 0.3 is 0 Å². The Hall–Kier alpha value is -2.58. The summed E-state index contributed by atoms with van der Waals surface area (Å²) in [6.45, 7) is 0. The van der Waals surface area contributed by atoms with Crippen molar-refractivity contribution in [1.82, 2.24) is 19.7 Å². The second kappa shape index (κ2) is 7.12. The molecule has 0 atom stereocenters. The molecule has 0 unspecified atom stereocenters. The number of nitrogens with zero attached hydrogens (tertiary/aromatic N) is 4. The van der Waals surface area contributed by atoms with Crippen LogP contribution in [0.2, 0.25) is 0 Å². The van der Waals surface area contributed by atoms with Crippen LogP contribution in [0.5, 0.6) is 5.75 Å². The van der Waals surface area contributed by atoms with Gasteiger partial charge in [-0.2, -0.15) is 16.3 Å². The predicted molar refractivity (Wildman–Crippen MR) is 97.3 cm³/mol. The lowest BCUT2D eigenvalue weighted by Crippen LogP contribution is -1.96. The average Bonchev–Trinajstić information content (AvgIpc) is 3.40. The Morgan fingerprint density at radius 2 is 2.28 bits per heavy atom. The zero-order chi connectivity index (χ0) is 17.1. The molecule has 0 fully saturated rings. The van der Waals surface area contributed by atoms with Crippen molar-refractivity contribution in [1.29, 1.82) is 0 Å². The fourth-order valence-electron chi connectivity index (χ4n) is 2.30. The molecule has 0 aliphatic rings. The summed E-state index contributed by atoms with van der Waals surface area (Å²) < 4.78 is 12.6. The summed E-state index contributed by atoms with van der Waals surface area (Å²) in [7, 11) is 1.66. The zero-order valence-corrected chi connectivity index (χ0v) is 15.0. The molecule has 3 aromatic heterocycles. The van der Waals surface area contributed by atoms with Gasteiger partial charge in [-0.15, -0.1) is 0 Å². The minimum atomic E-state index is 0.554. The highest BCUT2D eigenvalue weighted by atomic mass is 32.2. The number of benzene rings is 1. The Balaban J connectivity index is 1.50. The van der Waals surface area contributed by atoms with Gasteiger partial charge in [-0.3, -0.25) is 4.57 Å². The third-order valence-electron chi connectivity index (χ3n) is 3.51. The van der Waals surface area contributed by atoms with Crippen LogP contribution in [0.1, 0.15) is 5.89 Å². The molecular weight excluding hydrogens is 356 g/mol. The van der Waals surface area contributed by atoms with Crippen LogP contribution < -0.4 is 4.74 Å². The SMILES string of the molecule is COc1cccc(-n2ccnc2SCc2nc(-c3ccsc3)no2)c1. The Kier molecular flexibility index (Phi) is 4.53. The third-order valence-corrected chi connectivity index (χ3v) is 5.15. The van der Waals surface area contributed by atoms with Crippen molar-refractivity contribution in [2.24, 2.45) is 0 Å². The van der Waals surface area contributed by atoms with E-state index in [1.54, 1.807) is 36.4 Å². The molecule has 0 N–H and O–H groups in total. The van der Waals surface area contributed by atoms with Crippen molar-refractivity contribution >= 4 is 23.1 Å². The number of aromatic nitrogens is 4. The summed E-state index contributed by atoms with van der Waals surface area (Å²) >= 11 is 3.15. The Morgan fingerprint density at radius 3 is 3.12 bits per heavy atom. The van der Waals surface area contributed by atoms with Crippen LogP contribution in [0.4, 0.5) is 0 Å². The molecule has 0 saturated heterocycles. The largest absolute Gasteiger partial charge is 0.497 e. The van der Waals surface area contributed by atoms with Crippen molar-refractivity contribution in [2.45, 2.75) is 10.9 Å². The number of methoxy groups -OCH3 is 1. The van der Waals surface area contributed by atoms with Crippen LogP contribution in [0, 0.1) is 0 Å². The molecule has 0 spiro atoms. The smallest absolute Gasteiger partial charge is 0.237 e. The summed E-state index contributed by atoms with van der Waals surface area (Å²) in [5.41, 5.74) is 1.96. The van der Waals surface area contributed by atoms with E-state index in [1.807, 2.05) is 51.9 Å². The molecule has 0 saturated carbocycles. The quantitative estimate of drug-likeness (QED) is 0.472. The summed E-state index contributed by atoms with van der Waals surface area (Å²) in [5.74, 6) is 2.55. The fraction of sp³-hybridized carbons (Fsp3) is 0.118. The molecule has 4 rings (SSSR count). The number of hydrogen-bond acceptors (Lipinski definition) is 7. The van der Waals surface area contributed by atoms with Crippen molar-refractivity contribution in [2.75, 3.05) is 7.11 Å². The fourth-order valence-corrected chi connectivity index (χ4v) is 3.75. The Bertz CT molecular complexity index is 963. The van der Waals surface area contributed by atoms with Gasteiger partial charge in [-0.05, 0) is 23.6 Å². The topological polar surface area (TPSA) is 66.0 Å². The van der Waals surface area contributed by atoms with E-state index in [-0.39, 0.29) is 0 Å². The van der Waals surface area contributed by atoms with E-state index in [2.05, 4.69) is 15.1 Å². The minimum Gasteiger partial charge on any atom is -0.497 e. The molecule has 0 aliphatic heterocycles. The molecular formula is C17H14N4O2S2. The molecule has 0 radical (unpaired) electrons. The van der Waals surface area contributed by atoms with E-state index in [9.17, 15) is 0 Å². The van der Waals surface area contributed by atoms with E-state index in [0.717, 1.165) is 22.2 Å². The lowest BCUT2D eigenvalue weighted by molar-refractivity contribution is 0.391. The van der Waals surface area contributed by atoms with Crippen molar-refractivity contribution < 1.29 is 9.26 Å². The highest BCUT2D eigenvalue weighted by molar-refractivity contribution is 7.98. The Morgan fingerprint density at radius 1 is 1.32 bits per heavy atom. The third kappa shape index (κ3) is 3.45. The Labute approximate surface area is 152 Å². The highest BCUT2D eigenvalue weighted by Gasteiger charge is 2.12. The van der Waals surface area contributed by atoms with Gasteiger partial charge in [0.15, 0.2) is 5.16 Å². The van der Waals surface area contributed by atoms with Gasteiger partial charge in [0.25, 0.3) is 0 Å². The molecule has 1 aromatic carbocycles. The summed E-state index contributed by atoms with van der Waals surface area (Å²) in [6, 6.07) is 9.82. The van der Waals surface area contributed by atoms with Gasteiger partial charge in [-0.25, -0.2) is 4.98 Å². The molecule has 0 amide bonds. The number of thioether (sulfide) groups is 1.